The molecule has 15 heavy (non-hydrogen) atoms. The summed E-state index contributed by atoms with van der Waals surface area (Å²) < 4.78 is 2.01. The van der Waals surface area contributed by atoms with E-state index in [1.807, 2.05) is 36.9 Å². The van der Waals surface area contributed by atoms with Crippen LogP contribution in [0.2, 0.25) is 0 Å². The van der Waals surface area contributed by atoms with Gasteiger partial charge in [0.15, 0.2) is 0 Å². The monoisotopic (exact) mass is 202 g/mol. The molecule has 2 aromatic rings. The second kappa shape index (κ2) is 3.77. The van der Waals surface area contributed by atoms with E-state index in [0.29, 0.717) is 5.75 Å². The molecule has 1 heterocycles. The first-order chi connectivity index (χ1) is 7.15. The summed E-state index contributed by atoms with van der Waals surface area (Å²) in [6.07, 6.45) is 2.84. The van der Waals surface area contributed by atoms with Crippen LogP contribution in [0.1, 0.15) is 17.1 Å². The minimum absolute atomic E-state index is 0.302. The van der Waals surface area contributed by atoms with Crippen LogP contribution in [0, 0.1) is 6.92 Å². The molecule has 2 rings (SSSR count). The van der Waals surface area contributed by atoms with Gasteiger partial charge >= 0.3 is 0 Å². The molecule has 0 saturated heterocycles. The fourth-order valence-corrected chi connectivity index (χ4v) is 1.54. The van der Waals surface area contributed by atoms with Crippen molar-refractivity contribution in [1.82, 2.24) is 9.55 Å². The average Bonchev–Trinajstić information content (AvgIpc) is 2.50. The fourth-order valence-electron chi connectivity index (χ4n) is 1.54. The Morgan fingerprint density at radius 2 is 1.93 bits per heavy atom. The molecule has 3 nitrogen and oxygen atoms in total. The summed E-state index contributed by atoms with van der Waals surface area (Å²) in [5.41, 5.74) is 2.21. The molecule has 0 aliphatic heterocycles. The summed E-state index contributed by atoms with van der Waals surface area (Å²) in [7, 11) is 1.99. The number of hydrogen-bond donors (Lipinski definition) is 1. The van der Waals surface area contributed by atoms with Crippen LogP contribution in [0.15, 0.2) is 30.5 Å². The second-order valence-electron chi connectivity index (χ2n) is 3.73. The van der Waals surface area contributed by atoms with E-state index >= 15 is 0 Å². The zero-order valence-corrected chi connectivity index (χ0v) is 8.94. The lowest BCUT2D eigenvalue weighted by atomic mass is 10.1. The van der Waals surface area contributed by atoms with Gasteiger partial charge in [-0.2, -0.15) is 0 Å². The van der Waals surface area contributed by atoms with E-state index in [9.17, 15) is 0 Å². The van der Waals surface area contributed by atoms with Gasteiger partial charge in [0.25, 0.3) is 0 Å². The molecule has 3 heteroatoms. The highest BCUT2D eigenvalue weighted by molar-refractivity contribution is 5.28. The Labute approximate surface area is 89.0 Å². The first-order valence-electron chi connectivity index (χ1n) is 4.92. The third kappa shape index (κ3) is 2.18. The number of imidazole rings is 1. The van der Waals surface area contributed by atoms with Crippen molar-refractivity contribution in [3.8, 4) is 5.75 Å². The molecule has 1 aromatic heterocycles. The molecular weight excluding hydrogens is 188 g/mol. The van der Waals surface area contributed by atoms with Gasteiger partial charge in [0.1, 0.15) is 11.6 Å². The second-order valence-corrected chi connectivity index (χ2v) is 3.73. The third-order valence-electron chi connectivity index (χ3n) is 2.48. The molecule has 0 atom stereocenters. The van der Waals surface area contributed by atoms with Crippen molar-refractivity contribution in [3.63, 3.8) is 0 Å². The molecule has 1 N–H and O–H groups in total. The van der Waals surface area contributed by atoms with Crippen LogP contribution in [-0.4, -0.2) is 14.7 Å². The van der Waals surface area contributed by atoms with Crippen molar-refractivity contribution in [2.45, 2.75) is 13.3 Å². The van der Waals surface area contributed by atoms with Gasteiger partial charge in [-0.1, -0.05) is 12.1 Å². The number of hydrogen-bond acceptors (Lipinski definition) is 2. The Kier molecular flexibility index (Phi) is 2.46. The Morgan fingerprint density at radius 3 is 2.47 bits per heavy atom. The van der Waals surface area contributed by atoms with E-state index in [2.05, 4.69) is 4.98 Å². The van der Waals surface area contributed by atoms with Crippen LogP contribution in [0.5, 0.6) is 5.75 Å². The molecule has 0 spiro atoms. The molecule has 0 saturated carbocycles. The van der Waals surface area contributed by atoms with Crippen LogP contribution >= 0.6 is 0 Å². The van der Waals surface area contributed by atoms with Crippen molar-refractivity contribution in [1.29, 1.82) is 0 Å². The lowest BCUT2D eigenvalue weighted by molar-refractivity contribution is 0.475. The minimum atomic E-state index is 0.302. The molecule has 0 unspecified atom stereocenters. The lowest BCUT2D eigenvalue weighted by Crippen LogP contribution is -1.87. The van der Waals surface area contributed by atoms with Crippen LogP contribution in [0.25, 0.3) is 0 Å². The van der Waals surface area contributed by atoms with Crippen molar-refractivity contribution < 1.29 is 5.11 Å². The van der Waals surface area contributed by atoms with Gasteiger partial charge in [-0.3, -0.25) is 0 Å². The Morgan fingerprint density at radius 1 is 1.27 bits per heavy atom. The predicted octanol–water partition coefficient (Wildman–Crippen LogP) is 2.02. The molecule has 0 aliphatic carbocycles. The number of benzene rings is 1. The van der Waals surface area contributed by atoms with Gasteiger partial charge in [0.2, 0.25) is 0 Å². The molecule has 78 valence electrons. The standard InChI is InChI=1S/C12H14N2O/c1-9-13-11(8-14(9)2)7-10-3-5-12(15)6-4-10/h3-6,8,15H,7H2,1-2H3. The van der Waals surface area contributed by atoms with E-state index in [1.165, 1.54) is 0 Å². The predicted molar refractivity (Wildman–Crippen MR) is 58.9 cm³/mol. The molecule has 0 amide bonds. The molecule has 0 fully saturated rings. The Balaban J connectivity index is 2.18. The zero-order valence-electron chi connectivity index (χ0n) is 8.94. The number of aromatic hydroxyl groups is 1. The van der Waals surface area contributed by atoms with Gasteiger partial charge in [-0.15, -0.1) is 0 Å². The Bertz CT molecular complexity index is 437. The lowest BCUT2D eigenvalue weighted by Gasteiger charge is -1.97. The maximum Gasteiger partial charge on any atom is 0.115 e. The quantitative estimate of drug-likeness (QED) is 0.809. The van der Waals surface area contributed by atoms with Crippen LogP contribution in [-0.2, 0) is 13.5 Å². The van der Waals surface area contributed by atoms with Crippen LogP contribution in [0.4, 0.5) is 0 Å². The van der Waals surface area contributed by atoms with Gasteiger partial charge in [0, 0.05) is 19.7 Å². The highest BCUT2D eigenvalue weighted by Crippen LogP contribution is 2.13. The van der Waals surface area contributed by atoms with E-state index in [4.69, 9.17) is 5.11 Å². The molecule has 0 aliphatic rings. The van der Waals surface area contributed by atoms with Crippen LogP contribution in [0.3, 0.4) is 0 Å². The zero-order chi connectivity index (χ0) is 10.8. The van der Waals surface area contributed by atoms with E-state index < -0.39 is 0 Å². The van der Waals surface area contributed by atoms with Gasteiger partial charge < -0.3 is 9.67 Å². The van der Waals surface area contributed by atoms with E-state index in [0.717, 1.165) is 23.5 Å². The summed E-state index contributed by atoms with van der Waals surface area (Å²) in [5.74, 6) is 1.32. The topological polar surface area (TPSA) is 38.1 Å². The Hall–Kier alpha value is -1.77. The number of aryl methyl sites for hydroxylation is 2. The van der Waals surface area contributed by atoms with Crippen molar-refractivity contribution in [2.24, 2.45) is 7.05 Å². The van der Waals surface area contributed by atoms with Crippen molar-refractivity contribution in [3.05, 3.63) is 47.5 Å². The SMILES string of the molecule is Cc1nc(Cc2ccc(O)cc2)cn1C. The summed E-state index contributed by atoms with van der Waals surface area (Å²) in [4.78, 5) is 4.43. The summed E-state index contributed by atoms with van der Waals surface area (Å²) in [5, 5.41) is 9.15. The number of nitrogens with zero attached hydrogens (tertiary/aromatic N) is 2. The van der Waals surface area contributed by atoms with Crippen LogP contribution < -0.4 is 0 Å². The molecular formula is C12H14N2O. The highest BCUT2D eigenvalue weighted by atomic mass is 16.3. The third-order valence-corrected chi connectivity index (χ3v) is 2.48. The number of phenolic OH excluding ortho intramolecular Hbond substituents is 1. The summed E-state index contributed by atoms with van der Waals surface area (Å²) in [6.45, 7) is 1.99. The number of rotatable bonds is 2. The smallest absolute Gasteiger partial charge is 0.115 e. The first-order valence-corrected chi connectivity index (χ1v) is 4.92. The number of aromatic nitrogens is 2. The highest BCUT2D eigenvalue weighted by Gasteiger charge is 2.02. The molecule has 1 aromatic carbocycles. The average molecular weight is 202 g/mol. The van der Waals surface area contributed by atoms with Gasteiger partial charge in [-0.05, 0) is 24.6 Å². The normalized spacial score (nSPS) is 10.5. The molecule has 0 bridgehead atoms. The maximum atomic E-state index is 9.15. The van der Waals surface area contributed by atoms with Crippen molar-refractivity contribution >= 4 is 0 Å². The van der Waals surface area contributed by atoms with Gasteiger partial charge in [-0.25, -0.2) is 4.98 Å². The minimum Gasteiger partial charge on any atom is -0.508 e. The number of phenols is 1. The van der Waals surface area contributed by atoms with E-state index in [-0.39, 0.29) is 0 Å². The van der Waals surface area contributed by atoms with Gasteiger partial charge in [0.05, 0.1) is 5.69 Å². The van der Waals surface area contributed by atoms with E-state index in [1.54, 1.807) is 12.1 Å². The maximum absolute atomic E-state index is 9.15. The first kappa shape index (κ1) is 9.77. The molecule has 0 radical (unpaired) electrons. The summed E-state index contributed by atoms with van der Waals surface area (Å²) >= 11 is 0. The fraction of sp³-hybridized carbons (Fsp3) is 0.250. The largest absolute Gasteiger partial charge is 0.508 e. The van der Waals surface area contributed by atoms with Crippen molar-refractivity contribution in [2.75, 3.05) is 0 Å². The summed E-state index contributed by atoms with van der Waals surface area (Å²) in [6, 6.07) is 7.23.